The van der Waals surface area contributed by atoms with Crippen LogP contribution in [0.25, 0.3) is 0 Å². The maximum atomic E-state index is 12.5. The third-order valence-electron chi connectivity index (χ3n) is 4.59. The van der Waals surface area contributed by atoms with Crippen LogP contribution in [0.3, 0.4) is 0 Å². The van der Waals surface area contributed by atoms with Gasteiger partial charge in [0.25, 0.3) is 0 Å². The van der Waals surface area contributed by atoms with E-state index in [1.165, 1.54) is 5.56 Å². The Kier molecular flexibility index (Phi) is 4.33. The van der Waals surface area contributed by atoms with E-state index in [0.717, 1.165) is 30.7 Å². The molecule has 5 heteroatoms. The van der Waals surface area contributed by atoms with E-state index in [-0.39, 0.29) is 11.6 Å². The van der Waals surface area contributed by atoms with Gasteiger partial charge in [-0.3, -0.25) is 4.79 Å². The summed E-state index contributed by atoms with van der Waals surface area (Å²) in [6.45, 7) is 1.37. The van der Waals surface area contributed by atoms with Crippen molar-refractivity contribution in [2.45, 2.75) is 44.3 Å². The van der Waals surface area contributed by atoms with E-state index in [9.17, 15) is 4.79 Å². The molecular weight excluding hydrogens is 290 g/mol. The Labute approximate surface area is 136 Å². The first-order valence-electron chi connectivity index (χ1n) is 7.97. The summed E-state index contributed by atoms with van der Waals surface area (Å²) < 4.78 is 5.42. The van der Waals surface area contributed by atoms with Crippen LogP contribution in [0.4, 0.5) is 0 Å². The first-order valence-corrected chi connectivity index (χ1v) is 7.97. The molecule has 2 heterocycles. The van der Waals surface area contributed by atoms with E-state index in [2.05, 4.69) is 22.2 Å². The number of carbonyl (C=O) groups is 1. The molecule has 0 unspecified atom stereocenters. The van der Waals surface area contributed by atoms with Gasteiger partial charge in [-0.1, -0.05) is 12.1 Å². The zero-order valence-corrected chi connectivity index (χ0v) is 13.4. The lowest BCUT2D eigenvalue weighted by Crippen LogP contribution is -2.36. The summed E-state index contributed by atoms with van der Waals surface area (Å²) in [5, 5.41) is 8.18. The second-order valence-electron chi connectivity index (χ2n) is 6.05. The summed E-state index contributed by atoms with van der Waals surface area (Å²) in [6, 6.07) is 6.06. The number of terminal acetylenes is 1. The van der Waals surface area contributed by atoms with E-state index in [1.807, 2.05) is 17.0 Å². The number of methoxy groups -OCH3 is 1. The van der Waals surface area contributed by atoms with Gasteiger partial charge in [0.15, 0.2) is 5.66 Å². The van der Waals surface area contributed by atoms with Gasteiger partial charge < -0.3 is 9.64 Å². The third kappa shape index (κ3) is 3.37. The standard InChI is InChI=1S/C18H21N3O2/c1-3-4-10-18(19-20-18)11-8-17(22)21-12-9-14-6-5-7-16(23-2)15(14)13-21/h1,5-7H,4,8-13H2,2H3. The predicted molar refractivity (Wildman–Crippen MR) is 87.0 cm³/mol. The lowest BCUT2D eigenvalue weighted by molar-refractivity contribution is -0.132. The fourth-order valence-electron chi connectivity index (χ4n) is 3.09. The first kappa shape index (κ1) is 15.5. The molecule has 3 rings (SSSR count). The average molecular weight is 311 g/mol. The molecular formula is C18H21N3O2. The van der Waals surface area contributed by atoms with Crippen molar-refractivity contribution >= 4 is 5.91 Å². The number of hydrogen-bond acceptors (Lipinski definition) is 4. The summed E-state index contributed by atoms with van der Waals surface area (Å²) in [6.07, 6.45) is 8.67. The number of hydrogen-bond donors (Lipinski definition) is 0. The minimum atomic E-state index is -0.382. The molecule has 5 nitrogen and oxygen atoms in total. The van der Waals surface area contributed by atoms with E-state index >= 15 is 0 Å². The van der Waals surface area contributed by atoms with Crippen LogP contribution in [0.2, 0.25) is 0 Å². The Balaban J connectivity index is 1.58. The molecule has 1 amide bonds. The van der Waals surface area contributed by atoms with E-state index < -0.39 is 0 Å². The topological polar surface area (TPSA) is 54.3 Å². The van der Waals surface area contributed by atoms with Crippen molar-refractivity contribution in [1.29, 1.82) is 0 Å². The Morgan fingerprint density at radius 1 is 1.43 bits per heavy atom. The van der Waals surface area contributed by atoms with Crippen molar-refractivity contribution in [3.8, 4) is 18.1 Å². The molecule has 0 N–H and O–H groups in total. The molecule has 0 saturated heterocycles. The van der Waals surface area contributed by atoms with Crippen LogP contribution in [0, 0.1) is 12.3 Å². The molecule has 2 aliphatic rings. The largest absolute Gasteiger partial charge is 0.496 e. The van der Waals surface area contributed by atoms with E-state index in [1.54, 1.807) is 7.11 Å². The van der Waals surface area contributed by atoms with Crippen LogP contribution in [0.15, 0.2) is 28.4 Å². The molecule has 2 aliphatic heterocycles. The van der Waals surface area contributed by atoms with Crippen LogP contribution >= 0.6 is 0 Å². The number of fused-ring (bicyclic) bond motifs is 1. The van der Waals surface area contributed by atoms with Gasteiger partial charge in [0.2, 0.25) is 5.91 Å². The number of amides is 1. The van der Waals surface area contributed by atoms with Crippen molar-refractivity contribution in [2.24, 2.45) is 10.2 Å². The van der Waals surface area contributed by atoms with Crippen molar-refractivity contribution in [1.82, 2.24) is 4.90 Å². The summed E-state index contributed by atoms with van der Waals surface area (Å²) >= 11 is 0. The lowest BCUT2D eigenvalue weighted by Gasteiger charge is -2.30. The highest BCUT2D eigenvalue weighted by atomic mass is 16.5. The number of ether oxygens (including phenoxy) is 1. The monoisotopic (exact) mass is 311 g/mol. The highest BCUT2D eigenvalue weighted by Gasteiger charge is 2.39. The molecule has 0 fully saturated rings. The minimum Gasteiger partial charge on any atom is -0.496 e. The molecule has 0 saturated carbocycles. The van der Waals surface area contributed by atoms with Gasteiger partial charge in [-0.2, -0.15) is 10.2 Å². The molecule has 0 atom stereocenters. The Hall–Kier alpha value is -2.35. The van der Waals surface area contributed by atoms with Crippen molar-refractivity contribution in [3.63, 3.8) is 0 Å². The quantitative estimate of drug-likeness (QED) is 0.759. The Morgan fingerprint density at radius 3 is 2.96 bits per heavy atom. The van der Waals surface area contributed by atoms with Gasteiger partial charge in [-0.25, -0.2) is 0 Å². The number of nitrogens with zero attached hydrogens (tertiary/aromatic N) is 3. The summed E-state index contributed by atoms with van der Waals surface area (Å²) in [5.41, 5.74) is 2.01. The molecule has 120 valence electrons. The highest BCUT2D eigenvalue weighted by Crippen LogP contribution is 2.38. The highest BCUT2D eigenvalue weighted by molar-refractivity contribution is 5.76. The van der Waals surface area contributed by atoms with Crippen LogP contribution in [-0.4, -0.2) is 30.1 Å². The average Bonchev–Trinajstić information content (AvgIpc) is 3.37. The molecule has 0 aromatic heterocycles. The lowest BCUT2D eigenvalue weighted by atomic mass is 9.97. The molecule has 0 bridgehead atoms. The first-order chi connectivity index (χ1) is 11.2. The summed E-state index contributed by atoms with van der Waals surface area (Å²) in [7, 11) is 1.67. The SMILES string of the molecule is C#CCCC1(CCC(=O)N2CCc3cccc(OC)c3C2)N=N1. The van der Waals surface area contributed by atoms with Gasteiger partial charge in [0.1, 0.15) is 5.75 Å². The number of rotatable bonds is 6. The zero-order chi connectivity index (χ0) is 16.3. The Morgan fingerprint density at radius 2 is 2.26 bits per heavy atom. The summed E-state index contributed by atoms with van der Waals surface area (Å²) in [4.78, 5) is 14.4. The van der Waals surface area contributed by atoms with Crippen LogP contribution in [-0.2, 0) is 17.8 Å². The van der Waals surface area contributed by atoms with Gasteiger partial charge in [-0.15, -0.1) is 12.3 Å². The maximum absolute atomic E-state index is 12.5. The molecule has 1 aromatic rings. The Bertz CT molecular complexity index is 655. The smallest absolute Gasteiger partial charge is 0.223 e. The fourth-order valence-corrected chi connectivity index (χ4v) is 3.09. The van der Waals surface area contributed by atoms with Crippen LogP contribution in [0.1, 0.15) is 36.8 Å². The second-order valence-corrected chi connectivity index (χ2v) is 6.05. The van der Waals surface area contributed by atoms with Crippen LogP contribution < -0.4 is 4.74 Å². The zero-order valence-electron chi connectivity index (χ0n) is 13.4. The van der Waals surface area contributed by atoms with E-state index in [4.69, 9.17) is 11.2 Å². The van der Waals surface area contributed by atoms with Gasteiger partial charge in [0, 0.05) is 44.3 Å². The van der Waals surface area contributed by atoms with E-state index in [0.29, 0.717) is 25.8 Å². The molecule has 0 radical (unpaired) electrons. The predicted octanol–water partition coefficient (Wildman–Crippen LogP) is 2.94. The van der Waals surface area contributed by atoms with Crippen LogP contribution in [0.5, 0.6) is 5.75 Å². The van der Waals surface area contributed by atoms with Crippen molar-refractivity contribution in [2.75, 3.05) is 13.7 Å². The van der Waals surface area contributed by atoms with Gasteiger partial charge in [0.05, 0.1) is 7.11 Å². The molecule has 0 aliphatic carbocycles. The molecule has 23 heavy (non-hydrogen) atoms. The molecule has 0 spiro atoms. The van der Waals surface area contributed by atoms with Gasteiger partial charge in [-0.05, 0) is 18.1 Å². The third-order valence-corrected chi connectivity index (χ3v) is 4.59. The normalized spacial score (nSPS) is 17.3. The number of carbonyl (C=O) groups excluding carboxylic acids is 1. The second kappa shape index (κ2) is 6.41. The fraction of sp³-hybridized carbons (Fsp3) is 0.500. The maximum Gasteiger partial charge on any atom is 0.223 e. The molecule has 1 aromatic carbocycles. The number of benzene rings is 1. The van der Waals surface area contributed by atoms with Crippen molar-refractivity contribution < 1.29 is 9.53 Å². The summed E-state index contributed by atoms with van der Waals surface area (Å²) in [5.74, 6) is 3.62. The van der Waals surface area contributed by atoms with Gasteiger partial charge >= 0.3 is 0 Å². The minimum absolute atomic E-state index is 0.152. The van der Waals surface area contributed by atoms with Crippen molar-refractivity contribution in [3.05, 3.63) is 29.3 Å².